The van der Waals surface area contributed by atoms with Crippen LogP contribution in [-0.4, -0.2) is 40.9 Å². The summed E-state index contributed by atoms with van der Waals surface area (Å²) in [6, 6.07) is 9.28. The summed E-state index contributed by atoms with van der Waals surface area (Å²) in [7, 11) is -4.09. The van der Waals surface area contributed by atoms with Gasteiger partial charge in [-0.15, -0.1) is 0 Å². The van der Waals surface area contributed by atoms with Crippen LogP contribution in [0.5, 0.6) is 0 Å². The van der Waals surface area contributed by atoms with Gasteiger partial charge >= 0.3 is 6.18 Å². The number of nitrogens with zero attached hydrogens (tertiary/aromatic N) is 4. The highest BCUT2D eigenvalue weighted by molar-refractivity contribution is 7.90. The number of hydrogen-bond acceptors (Lipinski definition) is 7. The first-order valence-electron chi connectivity index (χ1n) is 8.47. The fourth-order valence-electron chi connectivity index (χ4n) is 2.72. The number of aliphatic hydroxyl groups is 1. The lowest BCUT2D eigenvalue weighted by Crippen LogP contribution is -2.30. The quantitative estimate of drug-likeness (QED) is 0.734. The van der Waals surface area contributed by atoms with Gasteiger partial charge in [0.05, 0.1) is 17.3 Å². The second-order valence-corrected chi connectivity index (χ2v) is 8.44. The molecule has 1 aromatic heterocycles. The molecule has 156 valence electrons. The Labute approximate surface area is 170 Å². The first kappa shape index (κ1) is 21.5. The fraction of sp³-hybridized carbons (Fsp3) is 0.211. The van der Waals surface area contributed by atoms with Gasteiger partial charge in [-0.2, -0.15) is 18.4 Å². The normalized spacial score (nSPS) is 16.9. The van der Waals surface area contributed by atoms with Crippen molar-refractivity contribution in [1.29, 1.82) is 5.26 Å². The van der Waals surface area contributed by atoms with Crippen molar-refractivity contribution in [1.82, 2.24) is 14.9 Å². The van der Waals surface area contributed by atoms with Gasteiger partial charge < -0.3 is 10.0 Å². The van der Waals surface area contributed by atoms with Crippen LogP contribution in [0.3, 0.4) is 0 Å². The molecule has 1 atom stereocenters. The van der Waals surface area contributed by atoms with E-state index in [1.54, 1.807) is 24.3 Å². The molecule has 1 N–H and O–H groups in total. The Balaban J connectivity index is 2.03. The molecule has 2 heterocycles. The minimum absolute atomic E-state index is 0.153. The minimum Gasteiger partial charge on any atom is -0.370 e. The number of benzene rings is 1. The van der Waals surface area contributed by atoms with E-state index < -0.39 is 33.1 Å². The number of halogens is 3. The highest BCUT2D eigenvalue weighted by atomic mass is 32.2. The van der Waals surface area contributed by atoms with Gasteiger partial charge in [-0.25, -0.2) is 18.4 Å². The van der Waals surface area contributed by atoms with Crippen molar-refractivity contribution in [3.05, 3.63) is 71.2 Å². The van der Waals surface area contributed by atoms with Crippen LogP contribution in [-0.2, 0) is 22.6 Å². The second kappa shape index (κ2) is 7.89. The number of aromatic nitrogens is 2. The summed E-state index contributed by atoms with van der Waals surface area (Å²) in [4.78, 5) is 8.31. The van der Waals surface area contributed by atoms with E-state index in [1.165, 1.54) is 23.3 Å². The molecule has 7 nitrogen and oxygen atoms in total. The Kier molecular flexibility index (Phi) is 5.65. The first-order chi connectivity index (χ1) is 14.0. The summed E-state index contributed by atoms with van der Waals surface area (Å²) < 4.78 is 63.1. The number of rotatable bonds is 4. The molecular weight excluding hydrogens is 421 g/mol. The summed E-state index contributed by atoms with van der Waals surface area (Å²) in [5, 5.41) is 18.3. The van der Waals surface area contributed by atoms with Crippen molar-refractivity contribution in [2.24, 2.45) is 0 Å². The molecule has 1 unspecified atom stereocenters. The molecule has 0 aliphatic carbocycles. The van der Waals surface area contributed by atoms with Gasteiger partial charge in [0.2, 0.25) is 15.0 Å². The standard InChI is InChI=1S/C19H15F3N4O3S/c1-30(28,29)18-24-15(8-16(25-18)19(20,21)22)14-5-6-17(27)26(11-14)10-13-4-2-3-12(7-13)9-23/h2-8,11,17,27H,10H2,1H3. The van der Waals surface area contributed by atoms with Crippen LogP contribution in [0.25, 0.3) is 5.57 Å². The molecule has 0 bridgehead atoms. The summed E-state index contributed by atoms with van der Waals surface area (Å²) in [5.74, 6) is 0. The largest absolute Gasteiger partial charge is 0.433 e. The third-order valence-electron chi connectivity index (χ3n) is 4.14. The molecule has 1 aromatic carbocycles. The number of alkyl halides is 3. The molecule has 0 spiro atoms. The number of allylic oxidation sites excluding steroid dienone is 2. The van der Waals surface area contributed by atoms with E-state index in [-0.39, 0.29) is 17.8 Å². The first-order valence-corrected chi connectivity index (χ1v) is 10.4. The molecule has 3 rings (SSSR count). The molecule has 1 aliphatic heterocycles. The molecule has 0 saturated carbocycles. The zero-order valence-corrected chi connectivity index (χ0v) is 16.3. The molecule has 0 amide bonds. The van der Waals surface area contributed by atoms with E-state index in [4.69, 9.17) is 5.26 Å². The van der Waals surface area contributed by atoms with Gasteiger partial charge in [0, 0.05) is 24.6 Å². The van der Waals surface area contributed by atoms with Crippen molar-refractivity contribution in [3.8, 4) is 6.07 Å². The highest BCUT2D eigenvalue weighted by Gasteiger charge is 2.35. The van der Waals surface area contributed by atoms with E-state index in [1.807, 2.05) is 6.07 Å². The van der Waals surface area contributed by atoms with Crippen molar-refractivity contribution in [3.63, 3.8) is 0 Å². The van der Waals surface area contributed by atoms with Crippen LogP contribution in [0, 0.1) is 11.3 Å². The van der Waals surface area contributed by atoms with Gasteiger partial charge in [0.15, 0.2) is 0 Å². The Hall–Kier alpha value is -3.23. The van der Waals surface area contributed by atoms with E-state index in [9.17, 15) is 26.7 Å². The maximum Gasteiger partial charge on any atom is 0.433 e. The van der Waals surface area contributed by atoms with Crippen LogP contribution in [0.4, 0.5) is 13.2 Å². The van der Waals surface area contributed by atoms with E-state index in [2.05, 4.69) is 9.97 Å². The van der Waals surface area contributed by atoms with Gasteiger partial charge in [-0.3, -0.25) is 0 Å². The average molecular weight is 436 g/mol. The zero-order valence-electron chi connectivity index (χ0n) is 15.5. The number of nitriles is 1. The van der Waals surface area contributed by atoms with Crippen molar-refractivity contribution in [2.75, 3.05) is 6.26 Å². The number of sulfone groups is 1. The molecule has 1 aliphatic rings. The Morgan fingerprint density at radius 3 is 2.63 bits per heavy atom. The monoisotopic (exact) mass is 436 g/mol. The topological polar surface area (TPSA) is 107 Å². The lowest BCUT2D eigenvalue weighted by atomic mass is 10.1. The molecule has 11 heteroatoms. The van der Waals surface area contributed by atoms with Crippen LogP contribution < -0.4 is 0 Å². The van der Waals surface area contributed by atoms with Gasteiger partial charge in [0.25, 0.3) is 0 Å². The van der Waals surface area contributed by atoms with Crippen molar-refractivity contribution < 1.29 is 26.7 Å². The predicted octanol–water partition coefficient (Wildman–Crippen LogP) is 2.50. The summed E-state index contributed by atoms with van der Waals surface area (Å²) in [6.07, 6.45) is -1.17. The summed E-state index contributed by atoms with van der Waals surface area (Å²) >= 11 is 0. The number of aliphatic hydroxyl groups excluding tert-OH is 1. The SMILES string of the molecule is CS(=O)(=O)c1nc(C2=CN(Cc3cccc(C#N)c3)C(O)C=C2)cc(C(F)(F)F)n1. The molecule has 30 heavy (non-hydrogen) atoms. The zero-order chi connectivity index (χ0) is 22.1. The van der Waals surface area contributed by atoms with E-state index in [0.29, 0.717) is 17.2 Å². The third kappa shape index (κ3) is 4.84. The van der Waals surface area contributed by atoms with Crippen molar-refractivity contribution >= 4 is 15.4 Å². The maximum atomic E-state index is 13.2. The molecule has 0 fully saturated rings. The average Bonchev–Trinajstić information content (AvgIpc) is 2.68. The molecule has 0 radical (unpaired) electrons. The third-order valence-corrected chi connectivity index (χ3v) is 4.98. The molecule has 2 aromatic rings. The van der Waals surface area contributed by atoms with Crippen LogP contribution in [0.2, 0.25) is 0 Å². The Morgan fingerprint density at radius 2 is 2.00 bits per heavy atom. The summed E-state index contributed by atoms with van der Waals surface area (Å²) in [6.45, 7) is 0.153. The summed E-state index contributed by atoms with van der Waals surface area (Å²) in [5.41, 5.74) is -0.371. The van der Waals surface area contributed by atoms with Gasteiger partial charge in [-0.1, -0.05) is 18.2 Å². The van der Waals surface area contributed by atoms with Gasteiger partial charge in [-0.05, 0) is 29.8 Å². The predicted molar refractivity (Wildman–Crippen MR) is 100.0 cm³/mol. The number of hydrogen-bond donors (Lipinski definition) is 1. The van der Waals surface area contributed by atoms with Gasteiger partial charge in [0.1, 0.15) is 11.9 Å². The van der Waals surface area contributed by atoms with Crippen LogP contribution in [0.15, 0.2) is 53.8 Å². The van der Waals surface area contributed by atoms with Crippen molar-refractivity contribution in [2.45, 2.75) is 24.1 Å². The Bertz CT molecular complexity index is 1180. The molecular formula is C19H15F3N4O3S. The highest BCUT2D eigenvalue weighted by Crippen LogP contribution is 2.31. The lowest BCUT2D eigenvalue weighted by molar-refractivity contribution is -0.141. The van der Waals surface area contributed by atoms with Crippen LogP contribution >= 0.6 is 0 Å². The minimum atomic E-state index is -4.87. The van der Waals surface area contributed by atoms with E-state index >= 15 is 0 Å². The lowest BCUT2D eigenvalue weighted by Gasteiger charge is -2.28. The Morgan fingerprint density at radius 1 is 1.27 bits per heavy atom. The smallest absolute Gasteiger partial charge is 0.370 e. The second-order valence-electron chi connectivity index (χ2n) is 6.53. The molecule has 0 saturated heterocycles. The maximum absolute atomic E-state index is 13.2. The fourth-order valence-corrected chi connectivity index (χ4v) is 3.25. The van der Waals surface area contributed by atoms with E-state index in [0.717, 1.165) is 6.26 Å². The van der Waals surface area contributed by atoms with Crippen LogP contribution in [0.1, 0.15) is 22.5 Å².